The number of halogens is 1. The second kappa shape index (κ2) is 4.53. The molecule has 0 aliphatic heterocycles. The number of nitrogens with two attached hydrogens (primary N) is 2. The first-order valence-corrected chi connectivity index (χ1v) is 4.86. The zero-order valence-electron chi connectivity index (χ0n) is 8.38. The molecule has 0 saturated carbocycles. The van der Waals surface area contributed by atoms with E-state index in [1.165, 1.54) is 0 Å². The van der Waals surface area contributed by atoms with E-state index in [4.69, 9.17) is 27.8 Å². The first kappa shape index (κ1) is 11.1. The van der Waals surface area contributed by atoms with Gasteiger partial charge < -0.3 is 16.2 Å². The van der Waals surface area contributed by atoms with Crippen molar-refractivity contribution in [2.75, 3.05) is 12.8 Å². The van der Waals surface area contributed by atoms with Gasteiger partial charge >= 0.3 is 0 Å². The number of hydrogen-bond donors (Lipinski definition) is 2. The Kier molecular flexibility index (Phi) is 3.61. The number of hydrogen-bond acceptors (Lipinski definition) is 3. The fourth-order valence-corrected chi connectivity index (χ4v) is 1.58. The molecule has 3 nitrogen and oxygen atoms in total. The molecule has 0 aromatic heterocycles. The summed E-state index contributed by atoms with van der Waals surface area (Å²) < 4.78 is 5.10. The highest BCUT2D eigenvalue weighted by atomic mass is 35.5. The molecule has 0 unspecified atom stereocenters. The smallest absolute Gasteiger partial charge is 0.142 e. The van der Waals surface area contributed by atoms with Gasteiger partial charge in [-0.1, -0.05) is 18.5 Å². The van der Waals surface area contributed by atoms with Crippen molar-refractivity contribution in [2.24, 2.45) is 5.73 Å². The van der Waals surface area contributed by atoms with Gasteiger partial charge in [0.25, 0.3) is 0 Å². The summed E-state index contributed by atoms with van der Waals surface area (Å²) in [5, 5.41) is 0.595. The van der Waals surface area contributed by atoms with Crippen molar-refractivity contribution in [1.82, 2.24) is 0 Å². The monoisotopic (exact) mass is 214 g/mol. The molecular weight excluding hydrogens is 200 g/mol. The van der Waals surface area contributed by atoms with Crippen molar-refractivity contribution in [1.29, 1.82) is 0 Å². The van der Waals surface area contributed by atoms with Crippen LogP contribution in [0.4, 0.5) is 5.69 Å². The van der Waals surface area contributed by atoms with Crippen LogP contribution < -0.4 is 16.2 Å². The van der Waals surface area contributed by atoms with Gasteiger partial charge in [-0.25, -0.2) is 0 Å². The maximum absolute atomic E-state index is 6.02. The van der Waals surface area contributed by atoms with Crippen molar-refractivity contribution in [3.63, 3.8) is 0 Å². The molecule has 1 aromatic rings. The van der Waals surface area contributed by atoms with E-state index in [0.717, 1.165) is 12.0 Å². The Hall–Kier alpha value is -0.930. The molecule has 1 atom stereocenters. The molecule has 0 aliphatic carbocycles. The molecule has 0 saturated heterocycles. The van der Waals surface area contributed by atoms with Gasteiger partial charge in [0.1, 0.15) is 5.75 Å². The Morgan fingerprint density at radius 1 is 1.50 bits per heavy atom. The minimum Gasteiger partial charge on any atom is -0.495 e. The molecule has 1 aromatic carbocycles. The number of ether oxygens (including phenoxy) is 1. The lowest BCUT2D eigenvalue weighted by Crippen LogP contribution is -2.10. The lowest BCUT2D eigenvalue weighted by molar-refractivity contribution is 0.416. The Balaban J connectivity index is 3.17. The Morgan fingerprint density at radius 2 is 2.14 bits per heavy atom. The second-order valence-electron chi connectivity index (χ2n) is 3.13. The van der Waals surface area contributed by atoms with Gasteiger partial charge in [0.2, 0.25) is 0 Å². The van der Waals surface area contributed by atoms with Gasteiger partial charge in [-0.3, -0.25) is 0 Å². The number of benzene rings is 1. The van der Waals surface area contributed by atoms with Gasteiger partial charge in [0, 0.05) is 11.1 Å². The summed E-state index contributed by atoms with van der Waals surface area (Å²) in [6.07, 6.45) is 0.826. The van der Waals surface area contributed by atoms with E-state index < -0.39 is 0 Å². The fourth-order valence-electron chi connectivity index (χ4n) is 1.27. The topological polar surface area (TPSA) is 61.3 Å². The van der Waals surface area contributed by atoms with Gasteiger partial charge in [-0.05, 0) is 24.1 Å². The van der Waals surface area contributed by atoms with Crippen LogP contribution in [0.15, 0.2) is 12.1 Å². The van der Waals surface area contributed by atoms with Crippen LogP contribution in [0.5, 0.6) is 5.75 Å². The first-order valence-electron chi connectivity index (χ1n) is 4.48. The highest BCUT2D eigenvalue weighted by Gasteiger charge is 2.11. The van der Waals surface area contributed by atoms with Crippen molar-refractivity contribution in [3.05, 3.63) is 22.7 Å². The predicted molar refractivity (Wildman–Crippen MR) is 59.6 cm³/mol. The number of methoxy groups -OCH3 is 1. The van der Waals surface area contributed by atoms with Crippen molar-refractivity contribution in [2.45, 2.75) is 19.4 Å². The SMILES string of the molecule is CC[C@@H](N)c1cc(OC)c(N)cc1Cl. The van der Waals surface area contributed by atoms with Crippen molar-refractivity contribution < 1.29 is 4.74 Å². The third-order valence-electron chi connectivity index (χ3n) is 2.19. The van der Waals surface area contributed by atoms with Gasteiger partial charge in [-0.15, -0.1) is 0 Å². The van der Waals surface area contributed by atoms with Gasteiger partial charge in [-0.2, -0.15) is 0 Å². The van der Waals surface area contributed by atoms with E-state index in [1.54, 1.807) is 19.2 Å². The second-order valence-corrected chi connectivity index (χ2v) is 3.54. The minimum absolute atomic E-state index is 0.0722. The number of rotatable bonds is 3. The lowest BCUT2D eigenvalue weighted by Gasteiger charge is -2.14. The summed E-state index contributed by atoms with van der Waals surface area (Å²) in [6, 6.07) is 3.40. The van der Waals surface area contributed by atoms with Gasteiger partial charge in [0.15, 0.2) is 0 Å². The molecule has 0 fully saturated rings. The van der Waals surface area contributed by atoms with Crippen LogP contribution in [0.1, 0.15) is 24.9 Å². The molecule has 0 heterocycles. The quantitative estimate of drug-likeness (QED) is 0.760. The van der Waals surface area contributed by atoms with Crippen LogP contribution in [0.3, 0.4) is 0 Å². The summed E-state index contributed by atoms with van der Waals surface area (Å²) in [7, 11) is 1.57. The molecule has 14 heavy (non-hydrogen) atoms. The highest BCUT2D eigenvalue weighted by molar-refractivity contribution is 6.31. The third-order valence-corrected chi connectivity index (χ3v) is 2.52. The standard InChI is InChI=1S/C10H15ClN2O/c1-3-8(12)6-4-10(14-2)9(13)5-7(6)11/h4-5,8H,3,12-13H2,1-2H3/t8-/m1/s1. The average Bonchev–Trinajstić information content (AvgIpc) is 2.17. The molecule has 1 rings (SSSR count). The molecule has 0 amide bonds. The van der Waals surface area contributed by atoms with Gasteiger partial charge in [0.05, 0.1) is 12.8 Å². The Labute approximate surface area is 89.0 Å². The minimum atomic E-state index is -0.0722. The summed E-state index contributed by atoms with van der Waals surface area (Å²) in [6.45, 7) is 2.00. The maximum atomic E-state index is 6.02. The van der Waals surface area contributed by atoms with E-state index in [0.29, 0.717) is 16.5 Å². The van der Waals surface area contributed by atoms with E-state index >= 15 is 0 Å². The molecule has 0 spiro atoms. The van der Waals surface area contributed by atoms with E-state index in [2.05, 4.69) is 0 Å². The van der Waals surface area contributed by atoms with Crippen LogP contribution in [-0.4, -0.2) is 7.11 Å². The predicted octanol–water partition coefficient (Wildman–Crippen LogP) is 2.34. The molecule has 78 valence electrons. The summed E-state index contributed by atoms with van der Waals surface area (Å²) >= 11 is 6.02. The molecule has 0 bridgehead atoms. The number of anilines is 1. The Morgan fingerprint density at radius 3 is 2.64 bits per heavy atom. The van der Waals surface area contributed by atoms with Crippen LogP contribution in [-0.2, 0) is 0 Å². The summed E-state index contributed by atoms with van der Waals surface area (Å²) in [4.78, 5) is 0. The zero-order valence-corrected chi connectivity index (χ0v) is 9.14. The summed E-state index contributed by atoms with van der Waals surface area (Å²) in [5.74, 6) is 0.619. The van der Waals surface area contributed by atoms with Crippen LogP contribution >= 0.6 is 11.6 Å². The molecule has 4 N–H and O–H groups in total. The molecule has 0 aliphatic rings. The van der Waals surface area contributed by atoms with E-state index in [1.807, 2.05) is 6.92 Å². The third kappa shape index (κ3) is 2.11. The van der Waals surface area contributed by atoms with E-state index in [9.17, 15) is 0 Å². The largest absolute Gasteiger partial charge is 0.495 e. The maximum Gasteiger partial charge on any atom is 0.142 e. The number of nitrogen functional groups attached to an aromatic ring is 1. The first-order chi connectivity index (χ1) is 6.60. The van der Waals surface area contributed by atoms with Crippen LogP contribution in [0.25, 0.3) is 0 Å². The molecule has 4 heteroatoms. The molecular formula is C10H15ClN2O. The van der Waals surface area contributed by atoms with E-state index in [-0.39, 0.29) is 6.04 Å². The lowest BCUT2D eigenvalue weighted by atomic mass is 10.0. The summed E-state index contributed by atoms with van der Waals surface area (Å²) in [5.41, 5.74) is 13.0. The highest BCUT2D eigenvalue weighted by Crippen LogP contribution is 2.32. The normalized spacial score (nSPS) is 12.6. The zero-order chi connectivity index (χ0) is 10.7. The fraction of sp³-hybridized carbons (Fsp3) is 0.400. The Bertz CT molecular complexity index is 328. The van der Waals surface area contributed by atoms with Crippen LogP contribution in [0.2, 0.25) is 5.02 Å². The molecule has 0 radical (unpaired) electrons. The van der Waals surface area contributed by atoms with Crippen LogP contribution in [0, 0.1) is 0 Å². The van der Waals surface area contributed by atoms with Crippen molar-refractivity contribution >= 4 is 17.3 Å². The van der Waals surface area contributed by atoms with Crippen molar-refractivity contribution in [3.8, 4) is 5.75 Å². The average molecular weight is 215 g/mol.